The van der Waals surface area contributed by atoms with Gasteiger partial charge in [0.2, 0.25) is 0 Å². The number of para-hydroxylation sites is 1. The van der Waals surface area contributed by atoms with Crippen LogP contribution >= 0.6 is 22.9 Å². The van der Waals surface area contributed by atoms with Gasteiger partial charge in [-0.3, -0.25) is 4.79 Å². The molecule has 0 spiro atoms. The van der Waals surface area contributed by atoms with Gasteiger partial charge in [-0.1, -0.05) is 60.1 Å². The van der Waals surface area contributed by atoms with Gasteiger partial charge in [0.25, 0.3) is 5.91 Å². The van der Waals surface area contributed by atoms with Gasteiger partial charge in [-0.15, -0.1) is 11.3 Å². The molecule has 1 N–H and O–H groups in total. The zero-order valence-corrected chi connectivity index (χ0v) is 22.8. The number of hydrogen-bond acceptors (Lipinski definition) is 5. The number of nitrogens with zero attached hydrogens (tertiary/aromatic N) is 1. The summed E-state index contributed by atoms with van der Waals surface area (Å²) in [6.45, 7) is 2.78. The van der Waals surface area contributed by atoms with E-state index in [2.05, 4.69) is 5.32 Å². The predicted molar refractivity (Wildman–Crippen MR) is 156 cm³/mol. The highest BCUT2D eigenvalue weighted by Crippen LogP contribution is 2.41. The van der Waals surface area contributed by atoms with E-state index in [9.17, 15) is 4.79 Å². The average molecular weight is 545 g/mol. The van der Waals surface area contributed by atoms with Crippen LogP contribution in [0, 0.1) is 0 Å². The largest absolute Gasteiger partial charge is 0.490 e. The van der Waals surface area contributed by atoms with Gasteiger partial charge in [0, 0.05) is 16.8 Å². The van der Waals surface area contributed by atoms with Crippen LogP contribution in [-0.4, -0.2) is 18.7 Å². The number of aliphatic imine (C=N–C) groups is 1. The highest BCUT2D eigenvalue weighted by molar-refractivity contribution is 7.16. The topological polar surface area (TPSA) is 59.9 Å². The second-order valence-electron chi connectivity index (χ2n) is 9.01. The molecule has 1 aromatic heterocycles. The molecule has 5 rings (SSSR count). The lowest BCUT2D eigenvalue weighted by molar-refractivity contribution is 0.102. The summed E-state index contributed by atoms with van der Waals surface area (Å²) < 4.78 is 11.9. The Labute approximate surface area is 232 Å². The fourth-order valence-electron chi connectivity index (χ4n) is 4.52. The third kappa shape index (κ3) is 6.09. The number of carbonyl (C=O) groups excluding carboxylic acids is 1. The standard InChI is InChI=1S/C31H29ClN2O3S/c1-2-36-26-18-22(17-25(32)29(26)37-20-21-11-5-3-6-12-21)19-33-31-28(24-15-9-10-16-27(24)38-31)30(35)34-23-13-7-4-8-14-23/h3-8,11-14,17-19H,2,9-10,15-16,20H2,1H3,(H,34,35). The number of rotatable bonds is 9. The van der Waals surface area contributed by atoms with Crippen molar-refractivity contribution in [1.82, 2.24) is 0 Å². The van der Waals surface area contributed by atoms with Crippen LogP contribution in [0.15, 0.2) is 77.8 Å². The number of aryl methyl sites for hydroxylation is 1. The zero-order valence-electron chi connectivity index (χ0n) is 21.2. The molecule has 3 aromatic carbocycles. The van der Waals surface area contributed by atoms with Crippen LogP contribution in [0.5, 0.6) is 11.5 Å². The number of carbonyl (C=O) groups is 1. The van der Waals surface area contributed by atoms with E-state index in [4.69, 9.17) is 26.1 Å². The van der Waals surface area contributed by atoms with Gasteiger partial charge >= 0.3 is 0 Å². The Balaban J connectivity index is 1.43. The number of amides is 1. The molecule has 1 aliphatic carbocycles. The molecule has 0 saturated carbocycles. The Morgan fingerprint density at radius 1 is 1.03 bits per heavy atom. The Morgan fingerprint density at radius 2 is 1.76 bits per heavy atom. The van der Waals surface area contributed by atoms with Crippen LogP contribution in [0.3, 0.4) is 0 Å². The lowest BCUT2D eigenvalue weighted by Crippen LogP contribution is -2.14. The summed E-state index contributed by atoms with van der Waals surface area (Å²) in [5.41, 5.74) is 4.37. The van der Waals surface area contributed by atoms with Crippen molar-refractivity contribution in [3.05, 3.63) is 105 Å². The van der Waals surface area contributed by atoms with Gasteiger partial charge in [-0.2, -0.15) is 0 Å². The maximum Gasteiger partial charge on any atom is 0.259 e. The average Bonchev–Trinajstić information content (AvgIpc) is 3.31. The van der Waals surface area contributed by atoms with Crippen molar-refractivity contribution in [3.63, 3.8) is 0 Å². The second kappa shape index (κ2) is 12.3. The van der Waals surface area contributed by atoms with Crippen molar-refractivity contribution < 1.29 is 14.3 Å². The summed E-state index contributed by atoms with van der Waals surface area (Å²) in [6, 6.07) is 23.1. The lowest BCUT2D eigenvalue weighted by Gasteiger charge is -2.14. The number of anilines is 1. The SMILES string of the molecule is CCOc1cc(C=Nc2sc3c(c2C(=O)Nc2ccccc2)CCCC3)cc(Cl)c1OCc1ccccc1. The molecule has 1 aliphatic rings. The maximum atomic E-state index is 13.4. The third-order valence-corrected chi connectivity index (χ3v) is 7.78. The molecule has 0 unspecified atom stereocenters. The lowest BCUT2D eigenvalue weighted by atomic mass is 9.95. The molecule has 0 saturated heterocycles. The molecular weight excluding hydrogens is 516 g/mol. The number of ether oxygens (including phenoxy) is 2. The van der Waals surface area contributed by atoms with Crippen LogP contribution in [0.1, 0.15) is 51.7 Å². The quantitative estimate of drug-likeness (QED) is 0.216. The molecule has 194 valence electrons. The number of hydrogen-bond donors (Lipinski definition) is 1. The molecule has 38 heavy (non-hydrogen) atoms. The van der Waals surface area contributed by atoms with E-state index in [1.54, 1.807) is 17.6 Å². The van der Waals surface area contributed by atoms with Crippen LogP contribution < -0.4 is 14.8 Å². The van der Waals surface area contributed by atoms with Crippen LogP contribution in [0.2, 0.25) is 5.02 Å². The van der Waals surface area contributed by atoms with Crippen LogP contribution in [0.25, 0.3) is 0 Å². The number of nitrogens with one attached hydrogen (secondary N) is 1. The molecule has 0 bridgehead atoms. The summed E-state index contributed by atoms with van der Waals surface area (Å²) in [5, 5.41) is 4.20. The number of thiophene rings is 1. The second-order valence-corrected chi connectivity index (χ2v) is 10.5. The molecule has 0 aliphatic heterocycles. The molecule has 1 heterocycles. The molecular formula is C31H29ClN2O3S. The Kier molecular flexibility index (Phi) is 8.41. The van der Waals surface area contributed by atoms with Crippen molar-refractivity contribution in [1.29, 1.82) is 0 Å². The van der Waals surface area contributed by atoms with Crippen molar-refractivity contribution in [2.24, 2.45) is 4.99 Å². The molecule has 7 heteroatoms. The van der Waals surface area contributed by atoms with Crippen LogP contribution in [0.4, 0.5) is 10.7 Å². The van der Waals surface area contributed by atoms with Gasteiger partial charge in [-0.25, -0.2) is 4.99 Å². The van der Waals surface area contributed by atoms with Gasteiger partial charge in [0.05, 0.1) is 17.2 Å². The first-order chi connectivity index (χ1) is 18.6. The first-order valence-corrected chi connectivity index (χ1v) is 14.0. The van der Waals surface area contributed by atoms with Crippen molar-refractivity contribution in [2.75, 3.05) is 11.9 Å². The third-order valence-electron chi connectivity index (χ3n) is 6.30. The Bertz CT molecular complexity index is 1430. The van der Waals surface area contributed by atoms with E-state index in [0.29, 0.717) is 40.3 Å². The minimum atomic E-state index is -0.125. The van der Waals surface area contributed by atoms with Gasteiger partial charge < -0.3 is 14.8 Å². The molecule has 0 fully saturated rings. The summed E-state index contributed by atoms with van der Waals surface area (Å²) in [4.78, 5) is 19.4. The summed E-state index contributed by atoms with van der Waals surface area (Å²) >= 11 is 8.24. The fraction of sp³-hybridized carbons (Fsp3) is 0.226. The van der Waals surface area contributed by atoms with Gasteiger partial charge in [0.15, 0.2) is 11.5 Å². The zero-order chi connectivity index (χ0) is 26.3. The van der Waals surface area contributed by atoms with Crippen molar-refractivity contribution in [3.8, 4) is 11.5 Å². The molecule has 0 atom stereocenters. The first kappa shape index (κ1) is 26.0. The van der Waals surface area contributed by atoms with E-state index in [-0.39, 0.29) is 5.91 Å². The highest BCUT2D eigenvalue weighted by Gasteiger charge is 2.25. The maximum absolute atomic E-state index is 13.4. The highest BCUT2D eigenvalue weighted by atomic mass is 35.5. The van der Waals surface area contributed by atoms with E-state index >= 15 is 0 Å². The summed E-state index contributed by atoms with van der Waals surface area (Å²) in [5.74, 6) is 0.939. The summed E-state index contributed by atoms with van der Waals surface area (Å²) in [6.07, 6.45) is 5.83. The predicted octanol–water partition coefficient (Wildman–Crippen LogP) is 8.26. The van der Waals surface area contributed by atoms with Crippen LogP contribution in [-0.2, 0) is 19.4 Å². The smallest absolute Gasteiger partial charge is 0.259 e. The van der Waals surface area contributed by atoms with E-state index in [1.165, 1.54) is 4.88 Å². The Hall–Kier alpha value is -3.61. The van der Waals surface area contributed by atoms with Crippen molar-refractivity contribution >= 4 is 45.7 Å². The fourth-order valence-corrected chi connectivity index (χ4v) is 6.02. The van der Waals surface area contributed by atoms with E-state index in [0.717, 1.165) is 48.1 Å². The van der Waals surface area contributed by atoms with E-state index in [1.807, 2.05) is 79.7 Å². The summed E-state index contributed by atoms with van der Waals surface area (Å²) in [7, 11) is 0. The minimum Gasteiger partial charge on any atom is -0.490 e. The molecule has 4 aromatic rings. The Morgan fingerprint density at radius 3 is 2.53 bits per heavy atom. The molecule has 5 nitrogen and oxygen atoms in total. The van der Waals surface area contributed by atoms with E-state index < -0.39 is 0 Å². The number of fused-ring (bicyclic) bond motifs is 1. The monoisotopic (exact) mass is 544 g/mol. The number of benzene rings is 3. The first-order valence-electron chi connectivity index (χ1n) is 12.8. The molecule has 1 amide bonds. The van der Waals surface area contributed by atoms with Gasteiger partial charge in [0.1, 0.15) is 11.6 Å². The van der Waals surface area contributed by atoms with Gasteiger partial charge in [-0.05, 0) is 73.6 Å². The molecule has 0 radical (unpaired) electrons. The van der Waals surface area contributed by atoms with Crippen molar-refractivity contribution in [2.45, 2.75) is 39.2 Å². The minimum absolute atomic E-state index is 0.125. The normalized spacial score (nSPS) is 12.8. The number of halogens is 1.